The Labute approximate surface area is 112 Å². The number of amides is 1. The van der Waals surface area contributed by atoms with Gasteiger partial charge in [-0.15, -0.1) is 0 Å². The molecule has 102 valence electrons. The number of carbonyl (C=O) groups excluding carboxylic acids is 2. The molecule has 1 amide bonds. The third-order valence-electron chi connectivity index (χ3n) is 2.96. The Bertz CT molecular complexity index is 506. The quantitative estimate of drug-likeness (QED) is 0.728. The van der Waals surface area contributed by atoms with Crippen molar-refractivity contribution in [1.82, 2.24) is 9.88 Å². The minimum absolute atomic E-state index is 0.341. The molecule has 0 bridgehead atoms. The number of aldehydes is 1. The van der Waals surface area contributed by atoms with Crippen molar-refractivity contribution in [3.05, 3.63) is 29.1 Å². The van der Waals surface area contributed by atoms with Gasteiger partial charge in [-0.25, -0.2) is 4.79 Å². The zero-order chi connectivity index (χ0) is 14.0. The topological polar surface area (TPSA) is 59.5 Å². The largest absolute Gasteiger partial charge is 0.444 e. The molecule has 5 heteroatoms. The fourth-order valence-corrected chi connectivity index (χ4v) is 2.07. The van der Waals surface area contributed by atoms with E-state index in [9.17, 15) is 9.59 Å². The van der Waals surface area contributed by atoms with Gasteiger partial charge in [0.05, 0.1) is 6.54 Å². The van der Waals surface area contributed by atoms with Crippen molar-refractivity contribution in [3.8, 4) is 0 Å². The smallest absolute Gasteiger partial charge is 0.410 e. The summed E-state index contributed by atoms with van der Waals surface area (Å²) < 4.78 is 5.35. The maximum atomic E-state index is 12.0. The van der Waals surface area contributed by atoms with E-state index in [1.165, 1.54) is 6.20 Å². The van der Waals surface area contributed by atoms with Crippen LogP contribution < -0.4 is 0 Å². The van der Waals surface area contributed by atoms with E-state index in [1.54, 1.807) is 11.1 Å². The van der Waals surface area contributed by atoms with Gasteiger partial charge in [0.1, 0.15) is 5.60 Å². The molecular weight excluding hydrogens is 244 g/mol. The Kier molecular flexibility index (Phi) is 3.55. The molecule has 0 saturated carbocycles. The van der Waals surface area contributed by atoms with Crippen LogP contribution in [0.25, 0.3) is 0 Å². The molecule has 2 rings (SSSR count). The number of nitrogens with zero attached hydrogens (tertiary/aromatic N) is 2. The number of aromatic nitrogens is 1. The second-order valence-corrected chi connectivity index (χ2v) is 5.64. The number of carbonyl (C=O) groups is 2. The SMILES string of the molecule is CC(C)(C)OC(=O)N1CCc2cncc(C=O)c2C1. The number of fused-ring (bicyclic) bond motifs is 1. The van der Waals surface area contributed by atoms with Crippen LogP contribution in [-0.4, -0.2) is 34.4 Å². The summed E-state index contributed by atoms with van der Waals surface area (Å²) in [5.41, 5.74) is 1.94. The number of hydrogen-bond acceptors (Lipinski definition) is 4. The molecule has 0 N–H and O–H groups in total. The molecule has 0 saturated heterocycles. The van der Waals surface area contributed by atoms with Crippen molar-refractivity contribution in [2.75, 3.05) is 6.54 Å². The maximum absolute atomic E-state index is 12.0. The highest BCUT2D eigenvalue weighted by atomic mass is 16.6. The second kappa shape index (κ2) is 4.99. The van der Waals surface area contributed by atoms with Crippen LogP contribution in [0.5, 0.6) is 0 Å². The van der Waals surface area contributed by atoms with Gasteiger partial charge in [0, 0.05) is 24.5 Å². The van der Waals surface area contributed by atoms with Gasteiger partial charge in [-0.3, -0.25) is 9.78 Å². The van der Waals surface area contributed by atoms with Crippen molar-refractivity contribution in [2.24, 2.45) is 0 Å². The van der Waals surface area contributed by atoms with E-state index in [4.69, 9.17) is 4.74 Å². The fraction of sp³-hybridized carbons (Fsp3) is 0.500. The van der Waals surface area contributed by atoms with E-state index in [2.05, 4.69) is 4.98 Å². The fourth-order valence-electron chi connectivity index (χ4n) is 2.07. The highest BCUT2D eigenvalue weighted by Crippen LogP contribution is 2.22. The van der Waals surface area contributed by atoms with Crippen LogP contribution in [-0.2, 0) is 17.7 Å². The Morgan fingerprint density at radius 3 is 2.79 bits per heavy atom. The van der Waals surface area contributed by atoms with Crippen molar-refractivity contribution >= 4 is 12.4 Å². The third-order valence-corrected chi connectivity index (χ3v) is 2.96. The molecule has 1 aliphatic heterocycles. The number of pyridine rings is 1. The van der Waals surface area contributed by atoms with E-state index < -0.39 is 5.60 Å². The van der Waals surface area contributed by atoms with Gasteiger partial charge < -0.3 is 9.64 Å². The number of ether oxygens (including phenoxy) is 1. The average Bonchev–Trinajstić information content (AvgIpc) is 2.35. The standard InChI is InChI=1S/C14H18N2O3/c1-14(2,3)19-13(18)16-5-4-10-6-15-7-11(9-17)12(10)8-16/h6-7,9H,4-5,8H2,1-3H3. The van der Waals surface area contributed by atoms with E-state index in [0.717, 1.165) is 17.4 Å². The summed E-state index contributed by atoms with van der Waals surface area (Å²) in [6, 6.07) is 0. The molecule has 2 heterocycles. The first-order chi connectivity index (χ1) is 8.90. The first-order valence-electron chi connectivity index (χ1n) is 6.29. The second-order valence-electron chi connectivity index (χ2n) is 5.64. The molecule has 1 aliphatic rings. The van der Waals surface area contributed by atoms with Crippen LogP contribution in [0.3, 0.4) is 0 Å². The lowest BCUT2D eigenvalue weighted by molar-refractivity contribution is 0.0223. The molecule has 0 aliphatic carbocycles. The van der Waals surface area contributed by atoms with E-state index in [0.29, 0.717) is 25.1 Å². The van der Waals surface area contributed by atoms with Gasteiger partial charge in [0.15, 0.2) is 6.29 Å². The minimum Gasteiger partial charge on any atom is -0.444 e. The Balaban J connectivity index is 2.17. The summed E-state index contributed by atoms with van der Waals surface area (Å²) in [4.78, 5) is 28.7. The van der Waals surface area contributed by atoms with E-state index >= 15 is 0 Å². The molecule has 5 nitrogen and oxygen atoms in total. The summed E-state index contributed by atoms with van der Waals surface area (Å²) in [6.45, 7) is 6.50. The zero-order valence-electron chi connectivity index (χ0n) is 11.5. The first-order valence-corrected chi connectivity index (χ1v) is 6.29. The summed E-state index contributed by atoms with van der Waals surface area (Å²) in [6.07, 6.45) is 4.43. The summed E-state index contributed by atoms with van der Waals surface area (Å²) in [5.74, 6) is 0. The molecule has 0 spiro atoms. The molecule has 0 fully saturated rings. The van der Waals surface area contributed by atoms with Crippen LogP contribution in [0.4, 0.5) is 4.79 Å². The Morgan fingerprint density at radius 1 is 1.42 bits per heavy atom. The van der Waals surface area contributed by atoms with E-state index in [-0.39, 0.29) is 6.09 Å². The van der Waals surface area contributed by atoms with Gasteiger partial charge in [-0.1, -0.05) is 0 Å². The third kappa shape index (κ3) is 3.10. The lowest BCUT2D eigenvalue weighted by atomic mass is 9.98. The molecule has 0 radical (unpaired) electrons. The van der Waals surface area contributed by atoms with Crippen LogP contribution in [0, 0.1) is 0 Å². The van der Waals surface area contributed by atoms with Gasteiger partial charge in [0.25, 0.3) is 0 Å². The van der Waals surface area contributed by atoms with Gasteiger partial charge in [-0.2, -0.15) is 0 Å². The normalized spacial score (nSPS) is 14.8. The average molecular weight is 262 g/mol. The van der Waals surface area contributed by atoms with Crippen molar-refractivity contribution in [3.63, 3.8) is 0 Å². The molecule has 0 unspecified atom stereocenters. The summed E-state index contributed by atoms with van der Waals surface area (Å²) in [5, 5.41) is 0. The molecular formula is C14H18N2O3. The summed E-state index contributed by atoms with van der Waals surface area (Å²) in [7, 11) is 0. The lowest BCUT2D eigenvalue weighted by Gasteiger charge is -2.31. The number of rotatable bonds is 1. The van der Waals surface area contributed by atoms with Crippen molar-refractivity contribution in [1.29, 1.82) is 0 Å². The van der Waals surface area contributed by atoms with Gasteiger partial charge >= 0.3 is 6.09 Å². The molecule has 1 aromatic heterocycles. The Hall–Kier alpha value is -1.91. The highest BCUT2D eigenvalue weighted by molar-refractivity contribution is 5.78. The summed E-state index contributed by atoms with van der Waals surface area (Å²) >= 11 is 0. The predicted octanol–water partition coefficient (Wildman–Crippen LogP) is 2.19. The molecule has 0 atom stereocenters. The van der Waals surface area contributed by atoms with Crippen LogP contribution in [0.2, 0.25) is 0 Å². The van der Waals surface area contributed by atoms with Gasteiger partial charge in [-0.05, 0) is 38.3 Å². The zero-order valence-corrected chi connectivity index (χ0v) is 11.5. The van der Waals surface area contributed by atoms with Crippen molar-refractivity contribution < 1.29 is 14.3 Å². The van der Waals surface area contributed by atoms with Crippen LogP contribution >= 0.6 is 0 Å². The van der Waals surface area contributed by atoms with E-state index in [1.807, 2.05) is 20.8 Å². The molecule has 1 aromatic rings. The van der Waals surface area contributed by atoms with Crippen LogP contribution in [0.15, 0.2) is 12.4 Å². The number of hydrogen-bond donors (Lipinski definition) is 0. The Morgan fingerprint density at radius 2 is 2.16 bits per heavy atom. The monoisotopic (exact) mass is 262 g/mol. The minimum atomic E-state index is -0.511. The molecule has 19 heavy (non-hydrogen) atoms. The lowest BCUT2D eigenvalue weighted by Crippen LogP contribution is -2.40. The van der Waals surface area contributed by atoms with Crippen molar-refractivity contribution in [2.45, 2.75) is 39.3 Å². The molecule has 0 aromatic carbocycles. The van der Waals surface area contributed by atoms with Gasteiger partial charge in [0.2, 0.25) is 0 Å². The highest BCUT2D eigenvalue weighted by Gasteiger charge is 2.26. The van der Waals surface area contributed by atoms with Crippen LogP contribution in [0.1, 0.15) is 42.3 Å². The maximum Gasteiger partial charge on any atom is 0.410 e. The first kappa shape index (κ1) is 13.5. The predicted molar refractivity (Wildman–Crippen MR) is 70.0 cm³/mol.